The first-order valence-electron chi connectivity index (χ1n) is 9.09. The number of nitrogens with one attached hydrogen (secondary N) is 1. The lowest BCUT2D eigenvalue weighted by Gasteiger charge is -2.22. The highest BCUT2D eigenvalue weighted by molar-refractivity contribution is 14.0. The number of benzene rings is 2. The van der Waals surface area contributed by atoms with E-state index in [9.17, 15) is 0 Å². The first kappa shape index (κ1) is 22.4. The molecule has 0 aliphatic heterocycles. The standard InChI is InChI=1S/C21H26N4OS.HI/c1-22-21(25(2)15-16-10-12-17(26-3)13-11-16)23-14-6-9-20-24-18-7-4-5-8-19(18)27-20;/h4-5,7-8,10-13H,6,9,14-15H2,1-3H3,(H,22,23);1H. The molecule has 0 unspecified atom stereocenters. The van der Waals surface area contributed by atoms with Gasteiger partial charge in [0.25, 0.3) is 0 Å². The van der Waals surface area contributed by atoms with E-state index in [2.05, 4.69) is 45.5 Å². The third kappa shape index (κ3) is 6.07. The molecule has 3 aromatic rings. The number of halogens is 1. The van der Waals surface area contributed by atoms with Crippen molar-refractivity contribution in [2.75, 3.05) is 27.7 Å². The highest BCUT2D eigenvalue weighted by atomic mass is 127. The maximum atomic E-state index is 5.21. The molecule has 0 radical (unpaired) electrons. The molecule has 0 spiro atoms. The first-order chi connectivity index (χ1) is 13.2. The second-order valence-electron chi connectivity index (χ2n) is 6.36. The van der Waals surface area contributed by atoms with Crippen molar-refractivity contribution in [3.8, 4) is 5.75 Å². The molecule has 0 atom stereocenters. The van der Waals surface area contributed by atoms with Crippen LogP contribution >= 0.6 is 35.3 Å². The number of hydrogen-bond acceptors (Lipinski definition) is 4. The number of rotatable bonds is 7. The Morgan fingerprint density at radius 2 is 1.93 bits per heavy atom. The van der Waals surface area contributed by atoms with Crippen molar-refractivity contribution in [1.82, 2.24) is 15.2 Å². The average Bonchev–Trinajstić information content (AvgIpc) is 3.11. The van der Waals surface area contributed by atoms with Gasteiger partial charge in [0.1, 0.15) is 5.75 Å². The van der Waals surface area contributed by atoms with Crippen LogP contribution < -0.4 is 10.1 Å². The van der Waals surface area contributed by atoms with Gasteiger partial charge in [0.2, 0.25) is 0 Å². The van der Waals surface area contributed by atoms with Gasteiger partial charge in [-0.1, -0.05) is 24.3 Å². The van der Waals surface area contributed by atoms with Crippen molar-refractivity contribution in [1.29, 1.82) is 0 Å². The number of thiazole rings is 1. The van der Waals surface area contributed by atoms with Crippen LogP contribution in [0.1, 0.15) is 17.0 Å². The third-order valence-electron chi connectivity index (χ3n) is 4.34. The summed E-state index contributed by atoms with van der Waals surface area (Å²) in [5, 5.41) is 4.64. The maximum Gasteiger partial charge on any atom is 0.193 e. The van der Waals surface area contributed by atoms with E-state index in [1.807, 2.05) is 32.3 Å². The monoisotopic (exact) mass is 510 g/mol. The molecule has 150 valence electrons. The zero-order valence-electron chi connectivity index (χ0n) is 16.5. The van der Waals surface area contributed by atoms with E-state index in [0.717, 1.165) is 43.2 Å². The van der Waals surface area contributed by atoms with Gasteiger partial charge in [-0.15, -0.1) is 35.3 Å². The summed E-state index contributed by atoms with van der Waals surface area (Å²) in [6.45, 7) is 1.66. The Balaban J connectivity index is 0.00000280. The molecular formula is C21H27IN4OS. The minimum Gasteiger partial charge on any atom is -0.497 e. The fourth-order valence-corrected chi connectivity index (χ4v) is 3.94. The molecular weight excluding hydrogens is 483 g/mol. The number of hydrogen-bond donors (Lipinski definition) is 1. The molecule has 0 aliphatic carbocycles. The predicted molar refractivity (Wildman–Crippen MR) is 129 cm³/mol. The summed E-state index contributed by atoms with van der Waals surface area (Å²) < 4.78 is 6.47. The van der Waals surface area contributed by atoms with Gasteiger partial charge in [-0.3, -0.25) is 4.99 Å². The molecule has 3 rings (SSSR count). The Labute approximate surface area is 187 Å². The molecule has 5 nitrogen and oxygen atoms in total. The average molecular weight is 510 g/mol. The van der Waals surface area contributed by atoms with Crippen LogP contribution in [-0.4, -0.2) is 43.6 Å². The number of aryl methyl sites for hydroxylation is 1. The molecule has 0 bridgehead atoms. The lowest BCUT2D eigenvalue weighted by atomic mass is 10.2. The van der Waals surface area contributed by atoms with Gasteiger partial charge in [-0.2, -0.15) is 0 Å². The Bertz CT molecular complexity index is 862. The summed E-state index contributed by atoms with van der Waals surface area (Å²) in [6, 6.07) is 16.4. The largest absolute Gasteiger partial charge is 0.497 e. The number of ether oxygens (including phenoxy) is 1. The number of aliphatic imine (C=N–C) groups is 1. The number of guanidine groups is 1. The van der Waals surface area contributed by atoms with Crippen molar-refractivity contribution < 1.29 is 4.74 Å². The summed E-state index contributed by atoms with van der Waals surface area (Å²) in [5.74, 6) is 1.77. The number of fused-ring (bicyclic) bond motifs is 1. The molecule has 0 saturated heterocycles. The minimum absolute atomic E-state index is 0. The molecule has 28 heavy (non-hydrogen) atoms. The molecule has 0 saturated carbocycles. The maximum absolute atomic E-state index is 5.21. The molecule has 2 aromatic carbocycles. The summed E-state index contributed by atoms with van der Waals surface area (Å²) in [5.41, 5.74) is 2.32. The molecule has 7 heteroatoms. The topological polar surface area (TPSA) is 49.8 Å². The van der Waals surface area contributed by atoms with Gasteiger partial charge in [0.05, 0.1) is 22.3 Å². The van der Waals surface area contributed by atoms with Gasteiger partial charge in [0.15, 0.2) is 5.96 Å². The number of para-hydroxylation sites is 1. The van der Waals surface area contributed by atoms with E-state index in [0.29, 0.717) is 0 Å². The van der Waals surface area contributed by atoms with Crippen LogP contribution in [0.25, 0.3) is 10.2 Å². The zero-order valence-corrected chi connectivity index (χ0v) is 19.7. The van der Waals surface area contributed by atoms with E-state index in [4.69, 9.17) is 9.72 Å². The van der Waals surface area contributed by atoms with E-state index < -0.39 is 0 Å². The molecule has 1 aromatic heterocycles. The first-order valence-corrected chi connectivity index (χ1v) is 9.90. The van der Waals surface area contributed by atoms with Gasteiger partial charge in [0, 0.05) is 33.6 Å². The highest BCUT2D eigenvalue weighted by Crippen LogP contribution is 2.22. The fraction of sp³-hybridized carbons (Fsp3) is 0.333. The van der Waals surface area contributed by atoms with Crippen LogP contribution in [0.2, 0.25) is 0 Å². The van der Waals surface area contributed by atoms with Crippen molar-refractivity contribution in [3.05, 3.63) is 59.1 Å². The van der Waals surface area contributed by atoms with Crippen LogP contribution in [0.5, 0.6) is 5.75 Å². The Kier molecular flexibility index (Phi) is 8.98. The quantitative estimate of drug-likeness (QED) is 0.219. The van der Waals surface area contributed by atoms with Crippen LogP contribution in [0.3, 0.4) is 0 Å². The number of aromatic nitrogens is 1. The van der Waals surface area contributed by atoms with Crippen molar-refractivity contribution in [2.45, 2.75) is 19.4 Å². The van der Waals surface area contributed by atoms with Gasteiger partial charge in [-0.05, 0) is 36.2 Å². The smallest absolute Gasteiger partial charge is 0.193 e. The van der Waals surface area contributed by atoms with E-state index in [-0.39, 0.29) is 24.0 Å². The molecule has 1 N–H and O–H groups in total. The molecule has 0 amide bonds. The highest BCUT2D eigenvalue weighted by Gasteiger charge is 2.07. The zero-order chi connectivity index (χ0) is 19.1. The van der Waals surface area contributed by atoms with E-state index in [1.165, 1.54) is 15.3 Å². The van der Waals surface area contributed by atoms with Gasteiger partial charge in [-0.25, -0.2) is 4.98 Å². The molecule has 1 heterocycles. The lowest BCUT2D eigenvalue weighted by Crippen LogP contribution is -2.39. The number of nitrogens with zero attached hydrogens (tertiary/aromatic N) is 3. The molecule has 0 aliphatic rings. The van der Waals surface area contributed by atoms with Crippen molar-refractivity contribution in [3.63, 3.8) is 0 Å². The minimum atomic E-state index is 0. The van der Waals surface area contributed by atoms with Crippen molar-refractivity contribution in [2.24, 2.45) is 4.99 Å². The normalized spacial score (nSPS) is 11.2. The van der Waals surface area contributed by atoms with Crippen LogP contribution in [0.4, 0.5) is 0 Å². The van der Waals surface area contributed by atoms with Crippen LogP contribution in [0.15, 0.2) is 53.5 Å². The van der Waals surface area contributed by atoms with Gasteiger partial charge < -0.3 is 15.0 Å². The second-order valence-corrected chi connectivity index (χ2v) is 7.47. The summed E-state index contributed by atoms with van der Waals surface area (Å²) in [7, 11) is 5.55. The Morgan fingerprint density at radius 3 is 2.61 bits per heavy atom. The van der Waals surface area contributed by atoms with Crippen molar-refractivity contribution >= 4 is 51.5 Å². The fourth-order valence-electron chi connectivity index (χ4n) is 2.93. The van der Waals surface area contributed by atoms with Gasteiger partial charge >= 0.3 is 0 Å². The predicted octanol–water partition coefficient (Wildman–Crippen LogP) is 4.56. The Hall–Kier alpha value is -1.87. The third-order valence-corrected chi connectivity index (χ3v) is 5.44. The second kappa shape index (κ2) is 11.2. The van der Waals surface area contributed by atoms with E-state index in [1.54, 1.807) is 18.4 Å². The van der Waals surface area contributed by atoms with Crippen LogP contribution in [0, 0.1) is 0 Å². The summed E-state index contributed by atoms with van der Waals surface area (Å²) in [4.78, 5) is 11.2. The molecule has 0 fully saturated rings. The lowest BCUT2D eigenvalue weighted by molar-refractivity contribution is 0.414. The summed E-state index contributed by atoms with van der Waals surface area (Å²) >= 11 is 1.78. The number of methoxy groups -OCH3 is 1. The summed E-state index contributed by atoms with van der Waals surface area (Å²) in [6.07, 6.45) is 2.00. The van der Waals surface area contributed by atoms with E-state index >= 15 is 0 Å². The SMILES string of the molecule is CN=C(NCCCc1nc2ccccc2s1)N(C)Cc1ccc(OC)cc1.I. The Morgan fingerprint density at radius 1 is 1.18 bits per heavy atom. The van der Waals surface area contributed by atoms with Crippen LogP contribution in [-0.2, 0) is 13.0 Å².